The average molecular weight is 317 g/mol. The number of hydrogen-bond acceptors (Lipinski definition) is 3. The zero-order chi connectivity index (χ0) is 14.7. The van der Waals surface area contributed by atoms with E-state index < -0.39 is 0 Å². The van der Waals surface area contributed by atoms with E-state index in [1.807, 2.05) is 0 Å². The Labute approximate surface area is 128 Å². The van der Waals surface area contributed by atoms with E-state index >= 15 is 0 Å². The molecule has 2 rings (SSSR count). The predicted molar refractivity (Wildman–Crippen MR) is 81.1 cm³/mol. The standard InChI is InChI=1S/C14H18Cl2N2O2/c15-11-4-10(5-12(17)13(11)16)14(20)18-6-8-2-1-3-9(8)7-19/h4-5,8-9,19H,1-3,6-7,17H2,(H,18,20). The van der Waals surface area contributed by atoms with Crippen LogP contribution in [0.1, 0.15) is 29.6 Å². The second-order valence-electron chi connectivity index (χ2n) is 5.20. The monoisotopic (exact) mass is 316 g/mol. The lowest BCUT2D eigenvalue weighted by Crippen LogP contribution is -2.31. The van der Waals surface area contributed by atoms with Crippen LogP contribution in [0.5, 0.6) is 0 Å². The number of carbonyl (C=O) groups is 1. The third-order valence-corrected chi connectivity index (χ3v) is 4.71. The van der Waals surface area contributed by atoms with Crippen molar-refractivity contribution in [1.82, 2.24) is 5.32 Å². The molecule has 0 bridgehead atoms. The van der Waals surface area contributed by atoms with E-state index in [-0.39, 0.29) is 28.5 Å². The number of nitrogen functional groups attached to an aromatic ring is 1. The summed E-state index contributed by atoms with van der Waals surface area (Å²) in [5, 5.41) is 12.7. The quantitative estimate of drug-likeness (QED) is 0.748. The summed E-state index contributed by atoms with van der Waals surface area (Å²) in [5.74, 6) is 0.400. The van der Waals surface area contributed by atoms with Gasteiger partial charge in [-0.15, -0.1) is 0 Å². The molecule has 6 heteroatoms. The molecule has 1 aliphatic rings. The van der Waals surface area contributed by atoms with Gasteiger partial charge in [-0.05, 0) is 36.8 Å². The number of benzene rings is 1. The number of carbonyl (C=O) groups excluding carboxylic acids is 1. The maximum Gasteiger partial charge on any atom is 0.251 e. The first kappa shape index (κ1) is 15.4. The third-order valence-electron chi connectivity index (χ3n) is 3.89. The fraction of sp³-hybridized carbons (Fsp3) is 0.500. The van der Waals surface area contributed by atoms with Crippen molar-refractivity contribution in [2.45, 2.75) is 19.3 Å². The van der Waals surface area contributed by atoms with E-state index in [9.17, 15) is 9.90 Å². The Kier molecular flexibility index (Phi) is 5.13. The molecule has 0 aliphatic heterocycles. The Morgan fingerprint density at radius 1 is 1.35 bits per heavy atom. The van der Waals surface area contributed by atoms with Crippen LogP contribution in [0.25, 0.3) is 0 Å². The van der Waals surface area contributed by atoms with Gasteiger partial charge < -0.3 is 16.2 Å². The molecule has 1 fully saturated rings. The van der Waals surface area contributed by atoms with Gasteiger partial charge in [-0.3, -0.25) is 4.79 Å². The molecule has 0 radical (unpaired) electrons. The maximum absolute atomic E-state index is 12.1. The van der Waals surface area contributed by atoms with Crippen molar-refractivity contribution in [2.75, 3.05) is 18.9 Å². The first-order valence-corrected chi connectivity index (χ1v) is 7.42. The van der Waals surface area contributed by atoms with Gasteiger partial charge in [0.25, 0.3) is 5.91 Å². The molecule has 0 spiro atoms. The summed E-state index contributed by atoms with van der Waals surface area (Å²) in [6.07, 6.45) is 3.16. The fourth-order valence-corrected chi connectivity index (χ4v) is 3.03. The van der Waals surface area contributed by atoms with Gasteiger partial charge in [-0.1, -0.05) is 29.6 Å². The summed E-state index contributed by atoms with van der Waals surface area (Å²) in [5.41, 5.74) is 6.38. The van der Waals surface area contributed by atoms with E-state index in [0.717, 1.165) is 19.3 Å². The van der Waals surface area contributed by atoms with Gasteiger partial charge in [0.1, 0.15) is 0 Å². The molecule has 1 saturated carbocycles. The number of rotatable bonds is 4. The van der Waals surface area contributed by atoms with Crippen molar-refractivity contribution in [1.29, 1.82) is 0 Å². The van der Waals surface area contributed by atoms with Crippen LogP contribution >= 0.6 is 23.2 Å². The fourth-order valence-electron chi connectivity index (χ4n) is 2.69. The molecule has 2 atom stereocenters. The van der Waals surface area contributed by atoms with Gasteiger partial charge in [-0.2, -0.15) is 0 Å². The molecular weight excluding hydrogens is 299 g/mol. The molecule has 1 aliphatic carbocycles. The highest BCUT2D eigenvalue weighted by atomic mass is 35.5. The van der Waals surface area contributed by atoms with Crippen molar-refractivity contribution < 1.29 is 9.90 Å². The first-order chi connectivity index (χ1) is 9.52. The zero-order valence-electron chi connectivity index (χ0n) is 11.0. The van der Waals surface area contributed by atoms with Gasteiger partial charge >= 0.3 is 0 Å². The molecule has 1 amide bonds. The molecule has 4 N–H and O–H groups in total. The molecule has 0 aromatic heterocycles. The highest BCUT2D eigenvalue weighted by Crippen LogP contribution is 2.31. The van der Waals surface area contributed by atoms with E-state index in [0.29, 0.717) is 23.7 Å². The van der Waals surface area contributed by atoms with E-state index in [4.69, 9.17) is 28.9 Å². The van der Waals surface area contributed by atoms with Crippen LogP contribution in [0.15, 0.2) is 12.1 Å². The van der Waals surface area contributed by atoms with Crippen LogP contribution in [0.3, 0.4) is 0 Å². The number of aliphatic hydroxyl groups excluding tert-OH is 1. The summed E-state index contributed by atoms with van der Waals surface area (Å²) in [6, 6.07) is 3.02. The smallest absolute Gasteiger partial charge is 0.251 e. The minimum absolute atomic E-state index is 0.181. The number of amides is 1. The van der Waals surface area contributed by atoms with Crippen molar-refractivity contribution in [3.63, 3.8) is 0 Å². The van der Waals surface area contributed by atoms with Gasteiger partial charge in [-0.25, -0.2) is 0 Å². The lowest BCUT2D eigenvalue weighted by Gasteiger charge is -2.18. The molecule has 0 heterocycles. The summed E-state index contributed by atoms with van der Waals surface area (Å²) in [7, 11) is 0. The Hall–Kier alpha value is -0.970. The van der Waals surface area contributed by atoms with Crippen molar-refractivity contribution in [3.8, 4) is 0 Å². The second-order valence-corrected chi connectivity index (χ2v) is 5.99. The highest BCUT2D eigenvalue weighted by Gasteiger charge is 2.26. The van der Waals surface area contributed by atoms with Crippen LogP contribution in [-0.2, 0) is 0 Å². The van der Waals surface area contributed by atoms with E-state index in [1.54, 1.807) is 0 Å². The van der Waals surface area contributed by atoms with Crippen molar-refractivity contribution in [2.24, 2.45) is 11.8 Å². The van der Waals surface area contributed by atoms with E-state index in [1.165, 1.54) is 12.1 Å². The van der Waals surface area contributed by atoms with Crippen LogP contribution in [0, 0.1) is 11.8 Å². The minimum atomic E-state index is -0.223. The largest absolute Gasteiger partial charge is 0.397 e. The zero-order valence-corrected chi connectivity index (χ0v) is 12.5. The van der Waals surface area contributed by atoms with Gasteiger partial charge in [0.15, 0.2) is 0 Å². The normalized spacial score (nSPS) is 21.9. The number of nitrogens with one attached hydrogen (secondary N) is 1. The lowest BCUT2D eigenvalue weighted by atomic mass is 9.97. The Bertz CT molecular complexity index is 485. The number of aliphatic hydroxyl groups is 1. The molecule has 2 unspecified atom stereocenters. The first-order valence-electron chi connectivity index (χ1n) is 6.66. The van der Waals surface area contributed by atoms with Gasteiger partial charge in [0, 0.05) is 18.7 Å². The number of nitrogens with two attached hydrogens (primary N) is 1. The van der Waals surface area contributed by atoms with Crippen LogP contribution in [0.4, 0.5) is 5.69 Å². The Morgan fingerprint density at radius 2 is 2.05 bits per heavy atom. The van der Waals surface area contributed by atoms with Crippen molar-refractivity contribution in [3.05, 3.63) is 27.7 Å². The molecule has 1 aromatic rings. The summed E-state index contributed by atoms with van der Waals surface area (Å²) < 4.78 is 0. The summed E-state index contributed by atoms with van der Waals surface area (Å²) in [4.78, 5) is 12.1. The molecule has 1 aromatic carbocycles. The Balaban J connectivity index is 1.98. The second kappa shape index (κ2) is 6.66. The molecule has 110 valence electrons. The summed E-state index contributed by atoms with van der Waals surface area (Å²) >= 11 is 11.8. The maximum atomic E-state index is 12.1. The average Bonchev–Trinajstić information content (AvgIpc) is 2.89. The number of hydrogen-bond donors (Lipinski definition) is 3. The van der Waals surface area contributed by atoms with Crippen LogP contribution in [-0.4, -0.2) is 24.2 Å². The number of anilines is 1. The molecular formula is C14H18Cl2N2O2. The van der Waals surface area contributed by atoms with Crippen LogP contribution in [0.2, 0.25) is 10.0 Å². The summed E-state index contributed by atoms with van der Waals surface area (Å²) in [6.45, 7) is 0.741. The van der Waals surface area contributed by atoms with E-state index in [2.05, 4.69) is 5.32 Å². The minimum Gasteiger partial charge on any atom is -0.397 e. The SMILES string of the molecule is Nc1cc(C(=O)NCC2CCCC2CO)cc(Cl)c1Cl. The third kappa shape index (κ3) is 3.37. The van der Waals surface area contributed by atoms with Crippen LogP contribution < -0.4 is 11.1 Å². The molecule has 4 nitrogen and oxygen atoms in total. The highest BCUT2D eigenvalue weighted by molar-refractivity contribution is 6.43. The molecule has 20 heavy (non-hydrogen) atoms. The van der Waals surface area contributed by atoms with Gasteiger partial charge in [0.05, 0.1) is 15.7 Å². The van der Waals surface area contributed by atoms with Crippen molar-refractivity contribution >= 4 is 34.8 Å². The van der Waals surface area contributed by atoms with Gasteiger partial charge in [0.2, 0.25) is 0 Å². The number of halogens is 2. The lowest BCUT2D eigenvalue weighted by molar-refractivity contribution is 0.0938. The predicted octanol–water partition coefficient (Wildman–Crippen LogP) is 2.71. The Morgan fingerprint density at radius 3 is 2.70 bits per heavy atom. The topological polar surface area (TPSA) is 75.4 Å². The molecule has 0 saturated heterocycles.